The summed E-state index contributed by atoms with van der Waals surface area (Å²) in [6.45, 7) is 4.01. The number of aromatic nitrogens is 2. The number of anilines is 1. The first-order chi connectivity index (χ1) is 10.2. The molecule has 0 N–H and O–H groups in total. The Morgan fingerprint density at radius 1 is 1.05 bits per heavy atom. The van der Waals surface area contributed by atoms with Gasteiger partial charge in [-0.1, -0.05) is 11.6 Å². The van der Waals surface area contributed by atoms with Gasteiger partial charge in [-0.25, -0.2) is 4.98 Å². The van der Waals surface area contributed by atoms with Crippen molar-refractivity contribution in [2.75, 3.05) is 38.1 Å². The van der Waals surface area contributed by atoms with Crippen molar-refractivity contribution in [3.8, 4) is 11.8 Å². The Morgan fingerprint density at radius 2 is 1.76 bits per heavy atom. The lowest BCUT2D eigenvalue weighted by atomic mass is 10.3. The highest BCUT2D eigenvalue weighted by atomic mass is 35.5. The average molecular weight is 305 g/mol. The van der Waals surface area contributed by atoms with E-state index in [4.69, 9.17) is 16.3 Å². The van der Waals surface area contributed by atoms with Gasteiger partial charge in [-0.2, -0.15) is 4.98 Å². The summed E-state index contributed by atoms with van der Waals surface area (Å²) in [5, 5.41) is 0.675. The molecule has 0 unspecified atom stereocenters. The summed E-state index contributed by atoms with van der Waals surface area (Å²) in [4.78, 5) is 13.2. The summed E-state index contributed by atoms with van der Waals surface area (Å²) in [6, 6.07) is 9.43. The maximum Gasteiger partial charge on any atom is 0.323 e. The van der Waals surface area contributed by atoms with E-state index in [9.17, 15) is 0 Å². The van der Waals surface area contributed by atoms with Gasteiger partial charge in [0, 0.05) is 37.4 Å². The van der Waals surface area contributed by atoms with Crippen molar-refractivity contribution in [1.82, 2.24) is 14.9 Å². The number of hydrogen-bond acceptors (Lipinski definition) is 5. The first kappa shape index (κ1) is 14.1. The Labute approximate surface area is 129 Å². The lowest BCUT2D eigenvalue weighted by Crippen LogP contribution is -2.44. The number of rotatable bonds is 3. The molecule has 1 aliphatic heterocycles. The zero-order valence-corrected chi connectivity index (χ0v) is 12.6. The number of piperazine rings is 1. The summed E-state index contributed by atoms with van der Waals surface area (Å²) < 4.78 is 5.67. The van der Waals surface area contributed by atoms with E-state index in [1.54, 1.807) is 30.5 Å². The lowest BCUT2D eigenvalue weighted by Gasteiger charge is -2.33. The van der Waals surface area contributed by atoms with Gasteiger partial charge in [-0.3, -0.25) is 0 Å². The number of likely N-dealkylation sites (N-methyl/N-ethyl adjacent to an activating group) is 1. The molecule has 1 saturated heterocycles. The van der Waals surface area contributed by atoms with Gasteiger partial charge in [0.15, 0.2) is 0 Å². The number of nitrogens with zero attached hydrogens (tertiary/aromatic N) is 4. The van der Waals surface area contributed by atoms with E-state index in [2.05, 4.69) is 26.8 Å². The van der Waals surface area contributed by atoms with E-state index in [1.165, 1.54) is 0 Å². The predicted molar refractivity (Wildman–Crippen MR) is 83.3 cm³/mol. The molecule has 21 heavy (non-hydrogen) atoms. The van der Waals surface area contributed by atoms with Crippen LogP contribution in [0.25, 0.3) is 0 Å². The zero-order chi connectivity index (χ0) is 14.7. The average Bonchev–Trinajstić information content (AvgIpc) is 2.51. The highest BCUT2D eigenvalue weighted by Crippen LogP contribution is 2.22. The molecule has 2 aromatic rings. The fourth-order valence-electron chi connectivity index (χ4n) is 2.20. The molecule has 5 nitrogen and oxygen atoms in total. The third kappa shape index (κ3) is 3.62. The molecule has 1 fully saturated rings. The van der Waals surface area contributed by atoms with Gasteiger partial charge in [-0.15, -0.1) is 0 Å². The van der Waals surface area contributed by atoms with Crippen LogP contribution >= 0.6 is 11.6 Å². The molecule has 1 aromatic carbocycles. The first-order valence-corrected chi connectivity index (χ1v) is 7.28. The topological polar surface area (TPSA) is 41.5 Å². The summed E-state index contributed by atoms with van der Waals surface area (Å²) in [5.74, 6) is 1.58. The van der Waals surface area contributed by atoms with Gasteiger partial charge in [-0.05, 0) is 37.4 Å². The van der Waals surface area contributed by atoms with Crippen LogP contribution < -0.4 is 9.64 Å². The molecule has 1 aromatic heterocycles. The Bertz CT molecular complexity index is 597. The van der Waals surface area contributed by atoms with E-state index < -0.39 is 0 Å². The fraction of sp³-hybridized carbons (Fsp3) is 0.333. The van der Waals surface area contributed by atoms with E-state index in [0.717, 1.165) is 32.0 Å². The number of hydrogen-bond donors (Lipinski definition) is 0. The van der Waals surface area contributed by atoms with Crippen molar-refractivity contribution in [1.29, 1.82) is 0 Å². The Hall–Kier alpha value is -1.85. The predicted octanol–water partition coefficient (Wildman–Crippen LogP) is 2.67. The Morgan fingerprint density at radius 3 is 2.48 bits per heavy atom. The van der Waals surface area contributed by atoms with E-state index in [-0.39, 0.29) is 0 Å². The summed E-state index contributed by atoms with van der Waals surface area (Å²) >= 11 is 5.86. The van der Waals surface area contributed by atoms with Crippen LogP contribution in [-0.4, -0.2) is 48.1 Å². The maximum absolute atomic E-state index is 5.86. The number of ether oxygens (including phenoxy) is 1. The van der Waals surface area contributed by atoms with Gasteiger partial charge < -0.3 is 14.5 Å². The molecule has 0 amide bonds. The van der Waals surface area contributed by atoms with Crippen LogP contribution in [0.1, 0.15) is 0 Å². The minimum Gasteiger partial charge on any atom is -0.424 e. The van der Waals surface area contributed by atoms with Crippen molar-refractivity contribution in [2.45, 2.75) is 0 Å². The van der Waals surface area contributed by atoms with Crippen LogP contribution in [-0.2, 0) is 0 Å². The Balaban J connectivity index is 1.72. The van der Waals surface area contributed by atoms with Crippen LogP contribution in [0.2, 0.25) is 5.02 Å². The summed E-state index contributed by atoms with van der Waals surface area (Å²) in [5.41, 5.74) is 0. The first-order valence-electron chi connectivity index (χ1n) is 6.91. The second-order valence-corrected chi connectivity index (χ2v) is 5.48. The van der Waals surface area contributed by atoms with Gasteiger partial charge >= 0.3 is 6.01 Å². The SMILES string of the molecule is CN1CCN(c2ccnc(Oc3ccc(Cl)cc3)n2)CC1. The molecule has 0 atom stereocenters. The van der Waals surface area contributed by atoms with Crippen LogP contribution in [0, 0.1) is 0 Å². The molecule has 1 aliphatic rings. The highest BCUT2D eigenvalue weighted by molar-refractivity contribution is 6.30. The number of halogens is 1. The summed E-state index contributed by atoms with van der Waals surface area (Å²) in [6.07, 6.45) is 1.73. The van der Waals surface area contributed by atoms with Crippen molar-refractivity contribution in [3.63, 3.8) is 0 Å². The summed E-state index contributed by atoms with van der Waals surface area (Å²) in [7, 11) is 2.13. The molecule has 0 radical (unpaired) electrons. The standard InChI is InChI=1S/C15H17ClN4O/c1-19-8-10-20(11-9-19)14-6-7-17-15(18-14)21-13-4-2-12(16)3-5-13/h2-7H,8-11H2,1H3. The van der Waals surface area contributed by atoms with Crippen LogP contribution in [0.5, 0.6) is 11.8 Å². The van der Waals surface area contributed by atoms with Gasteiger partial charge in [0.2, 0.25) is 0 Å². The quantitative estimate of drug-likeness (QED) is 0.872. The van der Waals surface area contributed by atoms with Crippen molar-refractivity contribution in [3.05, 3.63) is 41.6 Å². The molecule has 2 heterocycles. The third-order valence-corrected chi connectivity index (χ3v) is 3.72. The normalized spacial score (nSPS) is 16.0. The monoisotopic (exact) mass is 304 g/mol. The van der Waals surface area contributed by atoms with Crippen LogP contribution in [0.15, 0.2) is 36.5 Å². The maximum atomic E-state index is 5.86. The second kappa shape index (κ2) is 6.28. The molecule has 110 valence electrons. The smallest absolute Gasteiger partial charge is 0.323 e. The second-order valence-electron chi connectivity index (χ2n) is 5.04. The zero-order valence-electron chi connectivity index (χ0n) is 11.9. The molecule has 0 bridgehead atoms. The molecule has 0 saturated carbocycles. The van der Waals surface area contributed by atoms with E-state index in [0.29, 0.717) is 16.8 Å². The van der Waals surface area contributed by atoms with Crippen molar-refractivity contribution >= 4 is 17.4 Å². The molecule has 0 spiro atoms. The van der Waals surface area contributed by atoms with E-state index >= 15 is 0 Å². The fourth-order valence-corrected chi connectivity index (χ4v) is 2.33. The minimum atomic E-state index is 0.355. The highest BCUT2D eigenvalue weighted by Gasteiger charge is 2.16. The lowest BCUT2D eigenvalue weighted by molar-refractivity contribution is 0.311. The number of benzene rings is 1. The van der Waals surface area contributed by atoms with Gasteiger partial charge in [0.1, 0.15) is 11.6 Å². The van der Waals surface area contributed by atoms with Crippen LogP contribution in [0.4, 0.5) is 5.82 Å². The van der Waals surface area contributed by atoms with Crippen molar-refractivity contribution in [2.24, 2.45) is 0 Å². The molecule has 3 rings (SSSR count). The molecule has 0 aliphatic carbocycles. The van der Waals surface area contributed by atoms with Crippen LogP contribution in [0.3, 0.4) is 0 Å². The van der Waals surface area contributed by atoms with Gasteiger partial charge in [0.05, 0.1) is 0 Å². The molecular formula is C15H17ClN4O. The largest absolute Gasteiger partial charge is 0.424 e. The van der Waals surface area contributed by atoms with Gasteiger partial charge in [0.25, 0.3) is 0 Å². The van der Waals surface area contributed by atoms with Crippen molar-refractivity contribution < 1.29 is 4.74 Å². The minimum absolute atomic E-state index is 0.355. The Kier molecular flexibility index (Phi) is 4.22. The molecule has 6 heteroatoms. The van der Waals surface area contributed by atoms with E-state index in [1.807, 2.05) is 6.07 Å². The third-order valence-electron chi connectivity index (χ3n) is 3.47. The molecular weight excluding hydrogens is 288 g/mol.